The number of aliphatic hydroxyl groups excluding tert-OH is 2. The molecule has 31 heteroatoms. The topological polar surface area (TPSA) is 375 Å². The van der Waals surface area contributed by atoms with Crippen LogP contribution in [0, 0.1) is 0 Å². The van der Waals surface area contributed by atoms with Crippen molar-refractivity contribution >= 4 is 75.8 Å². The number of hydrogen-bond donors (Lipinski definition) is 9. The summed E-state index contributed by atoms with van der Waals surface area (Å²) in [4.78, 5) is 76.4. The van der Waals surface area contributed by atoms with Crippen molar-refractivity contribution in [3.63, 3.8) is 0 Å². The lowest BCUT2D eigenvalue weighted by Gasteiger charge is -2.31. The number of anilines is 5. The standard InChI is InChI=1S/C25H43N10O17P3S/c1-28-12-18(29-24(26)31-20(12)38)34(4)22-15(37)14(36)10(49-22)8-47-53(40,41)51-55(44,56)52-54(42,43)48-9-11-16(45-6)17(46-7)23(50-11)35(5)19-13(33(2)3)21(39)32-25(27)30-19/h10-11,14-17,22-23,36-37H,1,8-9H2,2-7H3,(H,40,41)(H,42,43)(H,44,56)(H3,26,29,31,38)(H3,27,30,32,39)/t10-,11-,14?,15?,16?,17?,22-,23-,55?/m1/s1. The van der Waals surface area contributed by atoms with Crippen LogP contribution in [0.4, 0.5) is 34.9 Å². The van der Waals surface area contributed by atoms with Gasteiger partial charge in [0, 0.05) is 42.4 Å². The fourth-order valence-corrected chi connectivity index (χ4v) is 10.8. The van der Waals surface area contributed by atoms with Crippen molar-refractivity contribution in [2.45, 2.75) is 49.1 Å². The van der Waals surface area contributed by atoms with E-state index >= 15 is 0 Å². The Morgan fingerprint density at radius 1 is 0.821 bits per heavy atom. The Labute approximate surface area is 322 Å². The van der Waals surface area contributed by atoms with Crippen LogP contribution in [0.1, 0.15) is 0 Å². The molecule has 4 rings (SSSR count). The van der Waals surface area contributed by atoms with E-state index in [2.05, 4.69) is 52.1 Å². The number of aliphatic imine (C=N–C) groups is 1. The van der Waals surface area contributed by atoms with E-state index in [1.54, 1.807) is 14.1 Å². The molecule has 2 aromatic rings. The lowest BCUT2D eigenvalue weighted by atomic mass is 10.1. The van der Waals surface area contributed by atoms with Crippen molar-refractivity contribution < 1.29 is 70.6 Å². The first-order valence-corrected chi connectivity index (χ1v) is 21.4. The van der Waals surface area contributed by atoms with E-state index in [4.69, 9.17) is 39.5 Å². The van der Waals surface area contributed by atoms with Gasteiger partial charge in [0.05, 0.1) is 13.2 Å². The maximum absolute atomic E-state index is 12.9. The minimum atomic E-state index is -5.47. The summed E-state index contributed by atoms with van der Waals surface area (Å²) in [6, 6.07) is 0. The summed E-state index contributed by atoms with van der Waals surface area (Å²) >= 11 is 4.66. The van der Waals surface area contributed by atoms with Crippen LogP contribution in [0.25, 0.3) is 0 Å². The van der Waals surface area contributed by atoms with Crippen LogP contribution < -0.4 is 37.3 Å². The Hall–Kier alpha value is -2.98. The summed E-state index contributed by atoms with van der Waals surface area (Å²) in [5.74, 6) is -0.611. The zero-order valence-corrected chi connectivity index (χ0v) is 34.0. The highest BCUT2D eigenvalue weighted by Crippen LogP contribution is 2.68. The van der Waals surface area contributed by atoms with Crippen LogP contribution in [0.2, 0.25) is 0 Å². The highest BCUT2D eigenvalue weighted by Gasteiger charge is 2.50. The first-order chi connectivity index (χ1) is 26.0. The molecule has 0 bridgehead atoms. The van der Waals surface area contributed by atoms with E-state index in [0.29, 0.717) is 0 Å². The van der Waals surface area contributed by atoms with Gasteiger partial charge in [0.2, 0.25) is 11.9 Å². The molecule has 11 atom stereocenters. The molecule has 27 nitrogen and oxygen atoms in total. The number of aromatic nitrogens is 4. The number of rotatable bonds is 18. The number of phosphoric acid groups is 2. The second-order valence-electron chi connectivity index (χ2n) is 12.2. The van der Waals surface area contributed by atoms with Gasteiger partial charge in [0.15, 0.2) is 29.8 Å². The summed E-state index contributed by atoms with van der Waals surface area (Å²) < 4.78 is 67.1. The third-order valence-corrected chi connectivity index (χ3v) is 13.7. The fraction of sp³-hybridized carbons (Fsp3) is 0.640. The minimum absolute atomic E-state index is 0.0922. The average molecular weight is 881 g/mol. The number of nitrogens with zero attached hydrogens (tertiary/aromatic N) is 6. The van der Waals surface area contributed by atoms with Crippen molar-refractivity contribution in [2.24, 2.45) is 4.99 Å². The SMILES string of the molecule is C=Nc1c(N(C)[C@@H]2O[C@H](COP(=O)(O)OP(O)(=S)OP(=O)(O)OC[C@H]3O[C@@H](N(C)c4nc(N)[nH]c(=O)c4N(C)C)C(OC)C3OC)C(O)C2O)nc(N)[nH]c1=O. The van der Waals surface area contributed by atoms with Crippen molar-refractivity contribution in [3.05, 3.63) is 20.7 Å². The molecule has 0 aliphatic carbocycles. The Balaban J connectivity index is 1.38. The van der Waals surface area contributed by atoms with E-state index in [1.165, 1.54) is 38.1 Å². The van der Waals surface area contributed by atoms with E-state index in [1.807, 2.05) is 0 Å². The second kappa shape index (κ2) is 17.9. The molecule has 7 unspecified atom stereocenters. The lowest BCUT2D eigenvalue weighted by molar-refractivity contribution is -0.0391. The molecule has 0 saturated carbocycles. The van der Waals surface area contributed by atoms with Crippen LogP contribution in [-0.4, -0.2) is 156 Å². The minimum Gasteiger partial charge on any atom is -0.387 e. The van der Waals surface area contributed by atoms with Gasteiger partial charge in [-0.1, -0.05) is 0 Å². The predicted molar refractivity (Wildman–Crippen MR) is 200 cm³/mol. The number of aromatic amines is 2. The predicted octanol–water partition coefficient (Wildman–Crippen LogP) is -2.33. The summed E-state index contributed by atoms with van der Waals surface area (Å²) in [5, 5.41) is 21.2. The summed E-state index contributed by atoms with van der Waals surface area (Å²) in [7, 11) is -2.23. The normalized spacial score (nSPS) is 28.3. The van der Waals surface area contributed by atoms with Crippen LogP contribution in [0.5, 0.6) is 0 Å². The molecule has 4 heterocycles. The average Bonchev–Trinajstić information content (AvgIpc) is 3.59. The Bertz CT molecular complexity index is 2010. The number of aliphatic hydroxyl groups is 2. The Kier molecular flexibility index (Phi) is 14.6. The number of ether oxygens (including phenoxy) is 4. The molecule has 2 aliphatic rings. The number of nitrogens with one attached hydrogen (secondary N) is 2. The molecule has 0 spiro atoms. The lowest BCUT2D eigenvalue weighted by Crippen LogP contribution is -2.45. The molecular formula is C25H43N10O17P3S. The summed E-state index contributed by atoms with van der Waals surface area (Å²) in [6.07, 6.45) is -10.6. The van der Waals surface area contributed by atoms with Gasteiger partial charge in [-0.05, 0) is 18.5 Å². The van der Waals surface area contributed by atoms with Gasteiger partial charge in [-0.3, -0.25) is 33.6 Å². The zero-order chi connectivity index (χ0) is 42.1. The van der Waals surface area contributed by atoms with Crippen molar-refractivity contribution in [2.75, 3.05) is 81.8 Å². The summed E-state index contributed by atoms with van der Waals surface area (Å²) in [6.45, 7) is -3.62. The van der Waals surface area contributed by atoms with E-state index in [0.717, 1.165) is 4.90 Å². The first kappa shape index (κ1) is 45.7. The maximum Gasteiger partial charge on any atom is 0.479 e. The smallest absolute Gasteiger partial charge is 0.387 e. The molecule has 0 aromatic carbocycles. The van der Waals surface area contributed by atoms with Gasteiger partial charge >= 0.3 is 22.4 Å². The fourth-order valence-electron chi connectivity index (χ4n) is 5.76. The Morgan fingerprint density at radius 2 is 1.30 bits per heavy atom. The molecule has 316 valence electrons. The number of nitrogen functional groups attached to an aromatic ring is 2. The van der Waals surface area contributed by atoms with Gasteiger partial charge in [-0.2, -0.15) is 9.97 Å². The van der Waals surface area contributed by atoms with Gasteiger partial charge in [0.1, 0.15) is 42.3 Å². The molecule has 2 aliphatic heterocycles. The van der Waals surface area contributed by atoms with Crippen LogP contribution in [0.3, 0.4) is 0 Å². The van der Waals surface area contributed by atoms with Crippen LogP contribution in [0.15, 0.2) is 14.6 Å². The number of methoxy groups -OCH3 is 2. The second-order valence-corrected chi connectivity index (χ2v) is 18.2. The number of hydrogen-bond acceptors (Lipinski definition) is 23. The van der Waals surface area contributed by atoms with Gasteiger partial charge < -0.3 is 70.0 Å². The number of nitrogens with two attached hydrogens (primary N) is 2. The summed E-state index contributed by atoms with van der Waals surface area (Å²) in [5.41, 5.74) is 9.88. The van der Waals surface area contributed by atoms with Crippen LogP contribution in [-0.2, 0) is 57.6 Å². The third-order valence-electron chi connectivity index (χ3n) is 8.21. The number of H-pyrrole nitrogens is 2. The monoisotopic (exact) mass is 880 g/mol. The van der Waals surface area contributed by atoms with Crippen molar-refractivity contribution in [3.8, 4) is 0 Å². The molecule has 11 N–H and O–H groups in total. The molecule has 2 fully saturated rings. The van der Waals surface area contributed by atoms with Gasteiger partial charge in [-0.25, -0.2) is 17.8 Å². The zero-order valence-electron chi connectivity index (χ0n) is 30.5. The van der Waals surface area contributed by atoms with Gasteiger partial charge in [0.25, 0.3) is 11.1 Å². The molecule has 2 aromatic heterocycles. The first-order valence-electron chi connectivity index (χ1n) is 15.8. The van der Waals surface area contributed by atoms with Gasteiger partial charge in [-0.15, -0.1) is 0 Å². The van der Waals surface area contributed by atoms with E-state index < -0.39 is 95.8 Å². The quantitative estimate of drug-likeness (QED) is 0.0560. The third kappa shape index (κ3) is 10.4. The highest BCUT2D eigenvalue weighted by atomic mass is 32.5. The molecule has 2 saturated heterocycles. The molecule has 0 radical (unpaired) electrons. The molecule has 0 amide bonds. The van der Waals surface area contributed by atoms with Crippen molar-refractivity contribution in [1.29, 1.82) is 0 Å². The van der Waals surface area contributed by atoms with E-state index in [-0.39, 0.29) is 34.9 Å². The van der Waals surface area contributed by atoms with Crippen molar-refractivity contribution in [1.82, 2.24) is 19.9 Å². The molecule has 56 heavy (non-hydrogen) atoms. The maximum atomic E-state index is 12.9. The number of phosphoric ester groups is 2. The molecular weight excluding hydrogens is 837 g/mol. The Morgan fingerprint density at radius 3 is 1.82 bits per heavy atom. The largest absolute Gasteiger partial charge is 0.479 e. The number of likely N-dealkylation sites (N-methyl/N-ethyl adjacent to an activating group) is 2. The highest BCUT2D eigenvalue weighted by molar-refractivity contribution is 8.09. The van der Waals surface area contributed by atoms with E-state index in [9.17, 15) is 43.6 Å². The van der Waals surface area contributed by atoms with Crippen LogP contribution >= 0.6 is 22.4 Å².